The third kappa shape index (κ3) is 3.17. The minimum absolute atomic E-state index is 0.0160. The quantitative estimate of drug-likeness (QED) is 0.561. The van der Waals surface area contributed by atoms with Gasteiger partial charge in [0.05, 0.1) is 16.9 Å². The van der Waals surface area contributed by atoms with Crippen molar-refractivity contribution < 1.29 is 14.3 Å². The van der Waals surface area contributed by atoms with Crippen molar-refractivity contribution in [3.8, 4) is 17.1 Å². The van der Waals surface area contributed by atoms with Gasteiger partial charge in [0, 0.05) is 19.0 Å². The van der Waals surface area contributed by atoms with Crippen LogP contribution in [0.5, 0.6) is 5.75 Å². The van der Waals surface area contributed by atoms with Crippen LogP contribution in [-0.4, -0.2) is 49.3 Å². The second-order valence-electron chi connectivity index (χ2n) is 6.92. The third-order valence-corrected chi connectivity index (χ3v) is 4.82. The molecule has 5 rings (SSSR count). The summed E-state index contributed by atoms with van der Waals surface area (Å²) in [6.45, 7) is 0.160. The summed E-state index contributed by atoms with van der Waals surface area (Å²) >= 11 is 0. The zero-order valence-corrected chi connectivity index (χ0v) is 15.9. The number of hydrogen-bond acceptors (Lipinski definition) is 9. The van der Waals surface area contributed by atoms with Gasteiger partial charge < -0.3 is 20.7 Å². The lowest BCUT2D eigenvalue weighted by molar-refractivity contribution is -0.117. The molecular formula is C18H17N9O3. The molecule has 0 radical (unpaired) electrons. The standard InChI is InChI=1S/C18H17N9O3/c1-19-18(29)14-12(7-13(22-23-14)21-17(28)9-5-6-9)20-11-4-2-3-10-15(11)30-8-27-16(10)24-25-26-27/h2-4,7,9H,5-6,8H2,1H3,(H,19,29)(H2,20,21,22,28). The molecule has 0 saturated heterocycles. The number of ether oxygens (including phenoxy) is 1. The van der Waals surface area contributed by atoms with Crippen molar-refractivity contribution in [1.29, 1.82) is 0 Å². The normalized spacial score (nSPS) is 14.2. The molecule has 0 spiro atoms. The van der Waals surface area contributed by atoms with E-state index in [1.54, 1.807) is 16.8 Å². The van der Waals surface area contributed by atoms with Crippen LogP contribution in [0.2, 0.25) is 0 Å². The van der Waals surface area contributed by atoms with Crippen molar-refractivity contribution >= 4 is 29.0 Å². The van der Waals surface area contributed by atoms with E-state index in [1.165, 1.54) is 7.05 Å². The maximum absolute atomic E-state index is 12.3. The molecule has 1 aromatic carbocycles. The van der Waals surface area contributed by atoms with Crippen molar-refractivity contribution in [3.63, 3.8) is 0 Å². The lowest BCUT2D eigenvalue weighted by atomic mass is 10.1. The van der Waals surface area contributed by atoms with Crippen molar-refractivity contribution in [2.75, 3.05) is 17.7 Å². The van der Waals surface area contributed by atoms with Crippen molar-refractivity contribution in [2.24, 2.45) is 5.92 Å². The Labute approximate surface area is 170 Å². The third-order valence-electron chi connectivity index (χ3n) is 4.82. The molecule has 2 aromatic heterocycles. The van der Waals surface area contributed by atoms with E-state index in [4.69, 9.17) is 4.74 Å². The summed E-state index contributed by atoms with van der Waals surface area (Å²) < 4.78 is 7.37. The largest absolute Gasteiger partial charge is 0.468 e. The van der Waals surface area contributed by atoms with Gasteiger partial charge in [-0.25, -0.2) is 0 Å². The number of nitrogens with one attached hydrogen (secondary N) is 3. The van der Waals surface area contributed by atoms with Crippen LogP contribution < -0.4 is 20.7 Å². The molecule has 1 fully saturated rings. The van der Waals surface area contributed by atoms with Crippen LogP contribution in [0.3, 0.4) is 0 Å². The van der Waals surface area contributed by atoms with E-state index in [1.807, 2.05) is 12.1 Å². The number of tetrazole rings is 1. The Bertz CT molecular complexity index is 1160. The molecule has 1 saturated carbocycles. The van der Waals surface area contributed by atoms with Crippen molar-refractivity contribution in [1.82, 2.24) is 35.7 Å². The molecule has 3 N–H and O–H groups in total. The molecule has 2 aliphatic rings. The van der Waals surface area contributed by atoms with Crippen LogP contribution in [0, 0.1) is 5.92 Å². The summed E-state index contributed by atoms with van der Waals surface area (Å²) in [5, 5.41) is 28.0. The summed E-state index contributed by atoms with van der Waals surface area (Å²) in [6, 6.07) is 7.03. The Hall–Kier alpha value is -4.09. The topological polar surface area (TPSA) is 149 Å². The molecule has 3 heterocycles. The Kier molecular flexibility index (Phi) is 4.23. The zero-order chi connectivity index (χ0) is 20.7. The van der Waals surface area contributed by atoms with Crippen LogP contribution in [-0.2, 0) is 11.5 Å². The smallest absolute Gasteiger partial charge is 0.273 e. The van der Waals surface area contributed by atoms with E-state index < -0.39 is 5.91 Å². The minimum atomic E-state index is -0.417. The highest BCUT2D eigenvalue weighted by atomic mass is 16.5. The molecule has 1 aliphatic carbocycles. The number of carbonyl (C=O) groups is 2. The van der Waals surface area contributed by atoms with Gasteiger partial charge in [-0.3, -0.25) is 9.59 Å². The predicted octanol–water partition coefficient (Wildman–Crippen LogP) is 0.932. The van der Waals surface area contributed by atoms with Crippen LogP contribution in [0.25, 0.3) is 11.4 Å². The van der Waals surface area contributed by atoms with Gasteiger partial charge in [-0.05, 0) is 35.4 Å². The molecule has 1 aliphatic heterocycles. The van der Waals surface area contributed by atoms with E-state index in [9.17, 15) is 9.59 Å². The summed E-state index contributed by atoms with van der Waals surface area (Å²) in [4.78, 5) is 24.4. The van der Waals surface area contributed by atoms with Gasteiger partial charge in [0.15, 0.2) is 29.8 Å². The van der Waals surface area contributed by atoms with Crippen LogP contribution in [0.4, 0.5) is 17.2 Å². The highest BCUT2D eigenvalue weighted by molar-refractivity contribution is 6.00. The number of anilines is 3. The number of aromatic nitrogens is 6. The van der Waals surface area contributed by atoms with Gasteiger partial charge in [-0.2, -0.15) is 4.68 Å². The number of nitrogens with zero attached hydrogens (tertiary/aromatic N) is 6. The molecule has 0 unspecified atom stereocenters. The van der Waals surface area contributed by atoms with Gasteiger partial charge in [0.2, 0.25) is 5.91 Å². The molecular weight excluding hydrogens is 390 g/mol. The minimum Gasteiger partial charge on any atom is -0.468 e. The maximum Gasteiger partial charge on any atom is 0.273 e. The Balaban J connectivity index is 1.51. The number of amides is 2. The number of hydrogen-bond donors (Lipinski definition) is 3. The lowest BCUT2D eigenvalue weighted by Gasteiger charge is -2.21. The fraction of sp³-hybridized carbons (Fsp3) is 0.278. The van der Waals surface area contributed by atoms with E-state index in [2.05, 4.69) is 41.7 Å². The summed E-state index contributed by atoms with van der Waals surface area (Å²) in [5.74, 6) is 0.883. The number of rotatable bonds is 5. The van der Waals surface area contributed by atoms with E-state index in [0.29, 0.717) is 28.5 Å². The summed E-state index contributed by atoms with van der Waals surface area (Å²) in [6.07, 6.45) is 1.74. The monoisotopic (exact) mass is 407 g/mol. The van der Waals surface area contributed by atoms with E-state index in [0.717, 1.165) is 12.8 Å². The van der Waals surface area contributed by atoms with Crippen LogP contribution in [0.1, 0.15) is 23.3 Å². The van der Waals surface area contributed by atoms with E-state index in [-0.39, 0.29) is 30.1 Å². The fourth-order valence-electron chi connectivity index (χ4n) is 3.13. The molecule has 12 nitrogen and oxygen atoms in total. The van der Waals surface area contributed by atoms with Crippen LogP contribution >= 0.6 is 0 Å². The zero-order valence-electron chi connectivity index (χ0n) is 15.9. The first kappa shape index (κ1) is 18.0. The highest BCUT2D eigenvalue weighted by Gasteiger charge is 2.30. The summed E-state index contributed by atoms with van der Waals surface area (Å²) in [5.41, 5.74) is 1.76. The number of benzene rings is 1. The predicted molar refractivity (Wildman–Crippen MR) is 104 cm³/mol. The number of carbonyl (C=O) groups excluding carboxylic acids is 2. The number of fused-ring (bicyclic) bond motifs is 3. The lowest BCUT2D eigenvalue weighted by Crippen LogP contribution is -2.22. The first-order valence-corrected chi connectivity index (χ1v) is 9.34. The Morgan fingerprint density at radius 3 is 2.83 bits per heavy atom. The van der Waals surface area contributed by atoms with Crippen molar-refractivity contribution in [3.05, 3.63) is 30.0 Å². The summed E-state index contributed by atoms with van der Waals surface area (Å²) in [7, 11) is 1.50. The molecule has 2 amide bonds. The number of para-hydroxylation sites is 1. The molecule has 0 bridgehead atoms. The van der Waals surface area contributed by atoms with Gasteiger partial charge in [0.1, 0.15) is 0 Å². The van der Waals surface area contributed by atoms with Gasteiger partial charge in [0.25, 0.3) is 5.91 Å². The maximum atomic E-state index is 12.3. The SMILES string of the molecule is CNC(=O)c1nnc(NC(=O)C2CC2)cc1Nc1cccc2c1OCn1nnnc1-2. The molecule has 30 heavy (non-hydrogen) atoms. The fourth-order valence-corrected chi connectivity index (χ4v) is 3.13. The van der Waals surface area contributed by atoms with Gasteiger partial charge in [-0.1, -0.05) is 6.07 Å². The first-order chi connectivity index (χ1) is 14.6. The van der Waals surface area contributed by atoms with Crippen LogP contribution in [0.15, 0.2) is 24.3 Å². The van der Waals surface area contributed by atoms with Crippen molar-refractivity contribution in [2.45, 2.75) is 19.6 Å². The molecule has 3 aromatic rings. The molecule has 0 atom stereocenters. The first-order valence-electron chi connectivity index (χ1n) is 9.34. The van der Waals surface area contributed by atoms with E-state index >= 15 is 0 Å². The second-order valence-corrected chi connectivity index (χ2v) is 6.92. The van der Waals surface area contributed by atoms with Gasteiger partial charge in [-0.15, -0.1) is 15.3 Å². The average Bonchev–Trinajstić information content (AvgIpc) is 3.50. The Morgan fingerprint density at radius 1 is 1.17 bits per heavy atom. The molecule has 152 valence electrons. The molecule has 12 heteroatoms. The highest BCUT2D eigenvalue weighted by Crippen LogP contribution is 2.40. The second kappa shape index (κ2) is 7.06. The Morgan fingerprint density at radius 2 is 2.03 bits per heavy atom. The van der Waals surface area contributed by atoms with Gasteiger partial charge >= 0.3 is 0 Å². The average molecular weight is 407 g/mol.